The van der Waals surface area contributed by atoms with Gasteiger partial charge in [0.2, 0.25) is 0 Å². The summed E-state index contributed by atoms with van der Waals surface area (Å²) < 4.78 is 10.9. The summed E-state index contributed by atoms with van der Waals surface area (Å²) in [6.45, 7) is 8.22. The van der Waals surface area contributed by atoms with Crippen LogP contribution >= 0.6 is 0 Å². The lowest BCUT2D eigenvalue weighted by molar-refractivity contribution is 0.0263. The fraction of sp³-hybridized carbons (Fsp3) is 0.688. The highest BCUT2D eigenvalue weighted by Crippen LogP contribution is 2.24. The van der Waals surface area contributed by atoms with Gasteiger partial charge in [-0.15, -0.1) is 0 Å². The maximum absolute atomic E-state index is 12.2. The first-order valence-electron chi connectivity index (χ1n) is 8.18. The van der Waals surface area contributed by atoms with E-state index < -0.39 is 5.60 Å². The monoisotopic (exact) mass is 338 g/mol. The highest BCUT2D eigenvalue weighted by molar-refractivity contribution is 5.68. The van der Waals surface area contributed by atoms with Gasteiger partial charge in [0.1, 0.15) is 12.2 Å². The molecule has 1 fully saturated rings. The van der Waals surface area contributed by atoms with Crippen molar-refractivity contribution in [3.8, 4) is 5.88 Å². The minimum atomic E-state index is -0.501. The fourth-order valence-corrected chi connectivity index (χ4v) is 2.42. The van der Waals surface area contributed by atoms with Crippen molar-refractivity contribution in [1.82, 2.24) is 14.9 Å². The van der Waals surface area contributed by atoms with E-state index in [2.05, 4.69) is 9.97 Å². The number of hydrogen-bond acceptors (Lipinski definition) is 7. The maximum atomic E-state index is 12.2. The number of ether oxygens (including phenoxy) is 2. The summed E-state index contributed by atoms with van der Waals surface area (Å²) in [5, 5.41) is 8.92. The van der Waals surface area contributed by atoms with Crippen molar-refractivity contribution in [1.29, 1.82) is 0 Å². The molecular weight excluding hydrogens is 312 g/mol. The molecule has 0 saturated carbocycles. The third-order valence-electron chi connectivity index (χ3n) is 3.42. The zero-order chi connectivity index (χ0) is 17.6. The van der Waals surface area contributed by atoms with E-state index in [-0.39, 0.29) is 19.3 Å². The lowest BCUT2D eigenvalue weighted by Crippen LogP contribution is -2.39. The van der Waals surface area contributed by atoms with Gasteiger partial charge in [-0.05, 0) is 27.2 Å². The molecule has 0 aliphatic carbocycles. The Labute approximate surface area is 142 Å². The van der Waals surface area contributed by atoms with E-state index in [1.165, 1.54) is 0 Å². The molecule has 0 spiro atoms. The van der Waals surface area contributed by atoms with Crippen LogP contribution in [-0.4, -0.2) is 71.1 Å². The molecule has 1 aliphatic heterocycles. The standard InChI is InChI=1S/C16H26N4O4/c1-16(2,3)24-15(22)20-8-4-7-19(9-10-20)13-14(23-12-11-21)18-6-5-17-13/h5-6,21H,4,7-12H2,1-3H3. The van der Waals surface area contributed by atoms with Gasteiger partial charge in [0, 0.05) is 38.6 Å². The molecule has 1 amide bonds. The molecule has 8 heteroatoms. The van der Waals surface area contributed by atoms with Gasteiger partial charge < -0.3 is 24.4 Å². The molecule has 134 valence electrons. The Bertz CT molecular complexity index is 547. The van der Waals surface area contributed by atoms with E-state index in [1.54, 1.807) is 17.3 Å². The van der Waals surface area contributed by atoms with E-state index in [4.69, 9.17) is 14.6 Å². The molecule has 24 heavy (non-hydrogen) atoms. The van der Waals surface area contributed by atoms with Crippen molar-refractivity contribution >= 4 is 11.9 Å². The lowest BCUT2D eigenvalue weighted by Gasteiger charge is -2.26. The van der Waals surface area contributed by atoms with Gasteiger partial charge in [-0.3, -0.25) is 0 Å². The van der Waals surface area contributed by atoms with Gasteiger partial charge in [0.05, 0.1) is 6.61 Å². The number of carbonyl (C=O) groups is 1. The van der Waals surface area contributed by atoms with Crippen molar-refractivity contribution in [2.24, 2.45) is 0 Å². The summed E-state index contributed by atoms with van der Waals surface area (Å²) in [5.41, 5.74) is -0.501. The number of rotatable bonds is 4. The first-order chi connectivity index (χ1) is 11.4. The quantitative estimate of drug-likeness (QED) is 0.885. The van der Waals surface area contributed by atoms with Crippen LogP contribution < -0.4 is 9.64 Å². The number of aliphatic hydroxyl groups is 1. The summed E-state index contributed by atoms with van der Waals surface area (Å²) >= 11 is 0. The largest absolute Gasteiger partial charge is 0.473 e. The van der Waals surface area contributed by atoms with E-state index in [0.717, 1.165) is 13.0 Å². The second-order valence-corrected chi connectivity index (χ2v) is 6.57. The third kappa shape index (κ3) is 5.23. The molecule has 1 N–H and O–H groups in total. The van der Waals surface area contributed by atoms with Crippen molar-refractivity contribution < 1.29 is 19.4 Å². The SMILES string of the molecule is CC(C)(C)OC(=O)N1CCCN(c2nccnc2OCCO)CC1. The van der Waals surface area contributed by atoms with Crippen LogP contribution in [0.3, 0.4) is 0 Å². The Morgan fingerprint density at radius 2 is 1.96 bits per heavy atom. The Hall–Kier alpha value is -2.09. The van der Waals surface area contributed by atoms with Crippen LogP contribution in [0.25, 0.3) is 0 Å². The predicted molar refractivity (Wildman–Crippen MR) is 89.2 cm³/mol. The fourth-order valence-electron chi connectivity index (χ4n) is 2.42. The second-order valence-electron chi connectivity index (χ2n) is 6.57. The smallest absolute Gasteiger partial charge is 0.410 e. The zero-order valence-electron chi connectivity index (χ0n) is 14.6. The molecule has 8 nitrogen and oxygen atoms in total. The molecule has 0 aromatic carbocycles. The van der Waals surface area contributed by atoms with Crippen molar-refractivity contribution in [2.75, 3.05) is 44.3 Å². The van der Waals surface area contributed by atoms with Gasteiger partial charge in [-0.2, -0.15) is 0 Å². The van der Waals surface area contributed by atoms with Gasteiger partial charge in [-0.25, -0.2) is 14.8 Å². The average Bonchev–Trinajstić information content (AvgIpc) is 2.77. The molecule has 1 saturated heterocycles. The normalized spacial score (nSPS) is 15.8. The number of nitrogens with zero attached hydrogens (tertiary/aromatic N) is 4. The summed E-state index contributed by atoms with van der Waals surface area (Å²) in [6.07, 6.45) is 3.67. The summed E-state index contributed by atoms with van der Waals surface area (Å²) in [6, 6.07) is 0. The molecule has 0 atom stereocenters. The Morgan fingerprint density at radius 1 is 1.21 bits per heavy atom. The molecule has 1 aliphatic rings. The van der Waals surface area contributed by atoms with Crippen LogP contribution in [0.15, 0.2) is 12.4 Å². The molecule has 0 unspecified atom stereocenters. The number of anilines is 1. The molecule has 2 heterocycles. The van der Waals surface area contributed by atoms with E-state index in [1.807, 2.05) is 25.7 Å². The van der Waals surface area contributed by atoms with Crippen LogP contribution in [0.1, 0.15) is 27.2 Å². The number of amides is 1. The predicted octanol–water partition coefficient (Wildman–Crippen LogP) is 1.29. The lowest BCUT2D eigenvalue weighted by atomic mass is 10.2. The van der Waals surface area contributed by atoms with Gasteiger partial charge in [0.15, 0.2) is 5.82 Å². The summed E-state index contributed by atoms with van der Waals surface area (Å²) in [4.78, 5) is 24.5. The van der Waals surface area contributed by atoms with Crippen molar-refractivity contribution in [2.45, 2.75) is 32.8 Å². The van der Waals surface area contributed by atoms with Crippen LogP contribution in [-0.2, 0) is 4.74 Å². The van der Waals surface area contributed by atoms with Gasteiger partial charge >= 0.3 is 6.09 Å². The third-order valence-corrected chi connectivity index (χ3v) is 3.42. The molecule has 0 radical (unpaired) electrons. The van der Waals surface area contributed by atoms with Crippen LogP contribution in [0.5, 0.6) is 5.88 Å². The van der Waals surface area contributed by atoms with Crippen LogP contribution in [0, 0.1) is 0 Å². The first kappa shape index (κ1) is 18.3. The average molecular weight is 338 g/mol. The highest BCUT2D eigenvalue weighted by atomic mass is 16.6. The summed E-state index contributed by atoms with van der Waals surface area (Å²) in [7, 11) is 0. The number of carbonyl (C=O) groups excluding carboxylic acids is 1. The number of aromatic nitrogens is 2. The molecular formula is C16H26N4O4. The zero-order valence-corrected chi connectivity index (χ0v) is 14.6. The minimum Gasteiger partial charge on any atom is -0.473 e. The van der Waals surface area contributed by atoms with E-state index >= 15 is 0 Å². The highest BCUT2D eigenvalue weighted by Gasteiger charge is 2.26. The van der Waals surface area contributed by atoms with Gasteiger partial charge in [-0.1, -0.05) is 0 Å². The van der Waals surface area contributed by atoms with E-state index in [9.17, 15) is 4.79 Å². The van der Waals surface area contributed by atoms with Gasteiger partial charge in [0.25, 0.3) is 5.88 Å². The topological polar surface area (TPSA) is 88.0 Å². The molecule has 1 aromatic rings. The Morgan fingerprint density at radius 3 is 2.67 bits per heavy atom. The Balaban J connectivity index is 2.02. The molecule has 0 bridgehead atoms. The molecule has 2 rings (SSSR count). The van der Waals surface area contributed by atoms with E-state index in [0.29, 0.717) is 31.3 Å². The Kier molecular flexibility index (Phi) is 6.19. The molecule has 1 aromatic heterocycles. The number of hydrogen-bond donors (Lipinski definition) is 1. The second kappa shape index (κ2) is 8.14. The maximum Gasteiger partial charge on any atom is 0.410 e. The van der Waals surface area contributed by atoms with Crippen LogP contribution in [0.4, 0.5) is 10.6 Å². The summed E-state index contributed by atoms with van der Waals surface area (Å²) in [5.74, 6) is 1.04. The first-order valence-corrected chi connectivity index (χ1v) is 8.18. The number of aliphatic hydroxyl groups excluding tert-OH is 1. The van der Waals surface area contributed by atoms with Crippen molar-refractivity contribution in [3.05, 3.63) is 12.4 Å². The minimum absolute atomic E-state index is 0.0809. The van der Waals surface area contributed by atoms with Crippen LogP contribution in [0.2, 0.25) is 0 Å². The van der Waals surface area contributed by atoms with Crippen molar-refractivity contribution in [3.63, 3.8) is 0 Å².